The molecular formula is C18H16N5O+. The molecule has 6 heteroatoms. The number of nitrogens with one attached hydrogen (secondary N) is 1. The van der Waals surface area contributed by atoms with Gasteiger partial charge in [-0.1, -0.05) is 35.9 Å². The minimum atomic E-state index is -0.297. The quantitative estimate of drug-likeness (QED) is 0.734. The van der Waals surface area contributed by atoms with Crippen molar-refractivity contribution in [3.05, 3.63) is 76.4 Å². The second-order valence-electron chi connectivity index (χ2n) is 5.45. The van der Waals surface area contributed by atoms with Gasteiger partial charge in [0.25, 0.3) is 5.91 Å². The van der Waals surface area contributed by atoms with E-state index in [0.717, 1.165) is 11.3 Å². The lowest BCUT2D eigenvalue weighted by Crippen LogP contribution is -2.15. The third kappa shape index (κ3) is 2.88. The largest absolute Gasteiger partial charge is 0.449 e. The number of rotatable bonds is 3. The zero-order chi connectivity index (χ0) is 17.1. The van der Waals surface area contributed by atoms with E-state index in [1.165, 1.54) is 0 Å². The lowest BCUT2D eigenvalue weighted by atomic mass is 10.2. The molecule has 1 amide bonds. The zero-order valence-corrected chi connectivity index (χ0v) is 13.4. The van der Waals surface area contributed by atoms with E-state index < -0.39 is 0 Å². The first kappa shape index (κ1) is 15.4. The van der Waals surface area contributed by atoms with E-state index in [2.05, 4.69) is 15.4 Å². The highest BCUT2D eigenvalue weighted by molar-refractivity contribution is 6.05. The number of carbonyl (C=O) groups excluding carboxylic acids is 1. The van der Waals surface area contributed by atoms with Gasteiger partial charge in [-0.3, -0.25) is 10.1 Å². The van der Waals surface area contributed by atoms with Crippen LogP contribution in [0.1, 0.15) is 21.6 Å². The number of hydrogen-bond acceptors (Lipinski definition) is 3. The summed E-state index contributed by atoms with van der Waals surface area (Å²) in [5.41, 5.74) is 3.14. The monoisotopic (exact) mass is 318 g/mol. The maximum absolute atomic E-state index is 12.5. The van der Waals surface area contributed by atoms with Crippen LogP contribution in [0.25, 0.3) is 10.7 Å². The first-order chi connectivity index (χ1) is 11.6. The molecule has 1 heterocycles. The van der Waals surface area contributed by atoms with Crippen LogP contribution in [0.5, 0.6) is 0 Å². The number of benzene rings is 2. The van der Waals surface area contributed by atoms with Crippen LogP contribution in [-0.2, 0) is 0 Å². The van der Waals surface area contributed by atoms with Crippen LogP contribution in [0.3, 0.4) is 0 Å². The fourth-order valence-electron chi connectivity index (χ4n) is 2.39. The molecule has 0 aliphatic rings. The molecular weight excluding hydrogens is 302 g/mol. The Balaban J connectivity index is 2.04. The number of diazo groups is 1. The van der Waals surface area contributed by atoms with Crippen LogP contribution < -0.4 is 5.32 Å². The van der Waals surface area contributed by atoms with E-state index in [0.29, 0.717) is 17.1 Å². The van der Waals surface area contributed by atoms with E-state index in [9.17, 15) is 10.2 Å². The van der Waals surface area contributed by atoms with Crippen molar-refractivity contribution in [1.29, 1.82) is 5.39 Å². The Labute approximate surface area is 139 Å². The Hall–Kier alpha value is -3.46. The van der Waals surface area contributed by atoms with Gasteiger partial charge in [-0.05, 0) is 38.1 Å². The van der Waals surface area contributed by atoms with Gasteiger partial charge in [0.05, 0.1) is 5.69 Å². The molecule has 0 aliphatic heterocycles. The average molecular weight is 318 g/mol. The van der Waals surface area contributed by atoms with Gasteiger partial charge in [0, 0.05) is 5.56 Å². The van der Waals surface area contributed by atoms with E-state index in [1.807, 2.05) is 37.3 Å². The van der Waals surface area contributed by atoms with Crippen molar-refractivity contribution in [3.8, 4) is 5.69 Å². The van der Waals surface area contributed by atoms with Gasteiger partial charge in [-0.2, -0.15) is 5.10 Å². The highest BCUT2D eigenvalue weighted by Crippen LogP contribution is 2.31. The molecule has 118 valence electrons. The Kier molecular flexibility index (Phi) is 4.08. The SMILES string of the molecule is Cc1ccc(-n2nc(C)c([N+]#N)c2NC(=O)c2ccccc2)cc1. The Morgan fingerprint density at radius 3 is 2.38 bits per heavy atom. The molecule has 0 saturated carbocycles. The number of carbonyl (C=O) groups is 1. The third-order valence-corrected chi connectivity index (χ3v) is 3.68. The molecule has 0 fully saturated rings. The molecule has 0 unspecified atom stereocenters. The number of amides is 1. The molecule has 0 radical (unpaired) electrons. The highest BCUT2D eigenvalue weighted by Gasteiger charge is 2.28. The van der Waals surface area contributed by atoms with Crippen molar-refractivity contribution in [2.45, 2.75) is 13.8 Å². The van der Waals surface area contributed by atoms with Crippen molar-refractivity contribution in [2.24, 2.45) is 0 Å². The van der Waals surface area contributed by atoms with E-state index in [-0.39, 0.29) is 11.6 Å². The molecule has 24 heavy (non-hydrogen) atoms. The molecule has 0 aliphatic carbocycles. The van der Waals surface area contributed by atoms with Crippen LogP contribution in [0.4, 0.5) is 11.5 Å². The van der Waals surface area contributed by atoms with Crippen molar-refractivity contribution in [2.75, 3.05) is 5.32 Å². The van der Waals surface area contributed by atoms with Gasteiger partial charge in [-0.25, -0.2) is 4.68 Å². The topological polar surface area (TPSA) is 75.1 Å². The van der Waals surface area contributed by atoms with Crippen LogP contribution >= 0.6 is 0 Å². The van der Waals surface area contributed by atoms with Gasteiger partial charge in [-0.15, -0.1) is 0 Å². The van der Waals surface area contributed by atoms with E-state index >= 15 is 0 Å². The number of aryl methyl sites for hydroxylation is 2. The summed E-state index contributed by atoms with van der Waals surface area (Å²) in [7, 11) is 0. The molecule has 3 aromatic rings. The van der Waals surface area contributed by atoms with Gasteiger partial charge in [0.1, 0.15) is 0 Å². The lowest BCUT2D eigenvalue weighted by Gasteiger charge is -2.07. The van der Waals surface area contributed by atoms with Gasteiger partial charge >= 0.3 is 5.69 Å². The molecule has 1 aromatic heterocycles. The lowest BCUT2D eigenvalue weighted by molar-refractivity contribution is 0.102. The fourth-order valence-corrected chi connectivity index (χ4v) is 2.39. The summed E-state index contributed by atoms with van der Waals surface area (Å²) in [6.45, 7) is 3.71. The van der Waals surface area contributed by atoms with Crippen molar-refractivity contribution in [3.63, 3.8) is 0 Å². The predicted octanol–water partition coefficient (Wildman–Crippen LogP) is 4.23. The van der Waals surface area contributed by atoms with E-state index in [1.54, 1.807) is 35.9 Å². The number of hydrogen-bond donors (Lipinski definition) is 1. The van der Waals surface area contributed by atoms with Crippen LogP contribution in [0.2, 0.25) is 0 Å². The number of nitrogens with zero attached hydrogens (tertiary/aromatic N) is 4. The predicted molar refractivity (Wildman–Crippen MR) is 92.2 cm³/mol. The van der Waals surface area contributed by atoms with Gasteiger partial charge in [0.2, 0.25) is 11.2 Å². The third-order valence-electron chi connectivity index (χ3n) is 3.68. The summed E-state index contributed by atoms with van der Waals surface area (Å²) in [4.78, 5) is 15.7. The van der Waals surface area contributed by atoms with Crippen molar-refractivity contribution in [1.82, 2.24) is 9.78 Å². The van der Waals surface area contributed by atoms with Crippen LogP contribution in [0.15, 0.2) is 54.6 Å². The molecule has 1 N–H and O–H groups in total. The maximum Gasteiger partial charge on any atom is 0.449 e. The second kappa shape index (κ2) is 6.34. The molecule has 0 spiro atoms. The molecule has 2 aromatic carbocycles. The average Bonchev–Trinajstić information content (AvgIpc) is 2.91. The molecule has 6 nitrogen and oxygen atoms in total. The number of anilines is 1. The molecule has 0 saturated heterocycles. The van der Waals surface area contributed by atoms with E-state index in [4.69, 9.17) is 0 Å². The van der Waals surface area contributed by atoms with Gasteiger partial charge in [0.15, 0.2) is 10.7 Å². The summed E-state index contributed by atoms with van der Waals surface area (Å²) >= 11 is 0. The number of aromatic nitrogens is 2. The zero-order valence-electron chi connectivity index (χ0n) is 13.4. The molecule has 0 atom stereocenters. The smallest absolute Gasteiger partial charge is 0.300 e. The summed E-state index contributed by atoms with van der Waals surface area (Å²) in [5, 5.41) is 16.5. The first-order valence-corrected chi connectivity index (χ1v) is 7.48. The Morgan fingerprint density at radius 2 is 1.75 bits per heavy atom. The normalized spacial score (nSPS) is 10.2. The Morgan fingerprint density at radius 1 is 1.08 bits per heavy atom. The summed E-state index contributed by atoms with van der Waals surface area (Å²) in [6.07, 6.45) is 0. The first-order valence-electron chi connectivity index (χ1n) is 7.48. The Bertz CT molecular complexity index is 921. The van der Waals surface area contributed by atoms with Crippen molar-refractivity contribution < 1.29 is 4.79 Å². The highest BCUT2D eigenvalue weighted by atomic mass is 16.1. The molecule has 3 rings (SSSR count). The minimum Gasteiger partial charge on any atom is -0.300 e. The van der Waals surface area contributed by atoms with Gasteiger partial charge < -0.3 is 0 Å². The standard InChI is InChI=1S/C18H15N5O/c1-12-8-10-15(11-9-12)23-17(16(21-19)13(2)22-23)20-18(24)14-6-4-3-5-7-14/h3-11H,1-2H3/p+1. The van der Waals surface area contributed by atoms with Crippen LogP contribution in [-0.4, -0.2) is 15.7 Å². The van der Waals surface area contributed by atoms with Crippen LogP contribution in [0, 0.1) is 19.2 Å². The summed E-state index contributed by atoms with van der Waals surface area (Å²) < 4.78 is 1.56. The maximum atomic E-state index is 12.5. The summed E-state index contributed by atoms with van der Waals surface area (Å²) in [5.74, 6) is 0.0291. The fraction of sp³-hybridized carbons (Fsp3) is 0.111. The minimum absolute atomic E-state index is 0.236. The molecule has 0 bridgehead atoms. The second-order valence-corrected chi connectivity index (χ2v) is 5.45. The summed E-state index contributed by atoms with van der Waals surface area (Å²) in [6, 6.07) is 16.5. The van der Waals surface area contributed by atoms with Crippen molar-refractivity contribution >= 4 is 17.4 Å².